The second kappa shape index (κ2) is 4.64. The van der Waals surface area contributed by atoms with Crippen LogP contribution in [0.15, 0.2) is 11.6 Å². The summed E-state index contributed by atoms with van der Waals surface area (Å²) < 4.78 is 4.74. The normalized spacial score (nSPS) is 11.3. The number of carboxylic acid groups (broad SMARTS) is 1. The molecule has 64 valence electrons. The molecule has 0 heterocycles. The highest BCUT2D eigenvalue weighted by molar-refractivity contribution is 6.35. The molecule has 0 saturated heterocycles. The molecule has 12 heavy (non-hydrogen) atoms. The summed E-state index contributed by atoms with van der Waals surface area (Å²) in [4.78, 5) is 21.1. The maximum absolute atomic E-state index is 10.9. The Morgan fingerprint density at radius 3 is 2.33 bits per heavy atom. The molecule has 0 fully saturated rings. The van der Waals surface area contributed by atoms with Crippen molar-refractivity contribution in [2.24, 2.45) is 0 Å². The van der Waals surface area contributed by atoms with Gasteiger partial charge in [0.1, 0.15) is 15.7 Å². The van der Waals surface area contributed by atoms with Crippen LogP contribution in [0, 0.1) is 0 Å². The van der Waals surface area contributed by atoms with Crippen LogP contribution in [0.2, 0.25) is 0 Å². The van der Waals surface area contributed by atoms with Crippen LogP contribution in [-0.2, 0) is 14.3 Å². The van der Waals surface area contributed by atoms with Gasteiger partial charge in [0.25, 0.3) is 0 Å². The second-order valence-corrected chi connectivity index (χ2v) is 2.62. The standard InChI is InChI=1S/C6H10B2O4/c1-3(2-4(9)10)5(11)12-6(7)8/h2,6H,7-8H2,1H3,(H,9,10)/b3-2+. The van der Waals surface area contributed by atoms with Crippen molar-refractivity contribution in [1.29, 1.82) is 0 Å². The zero-order valence-electron chi connectivity index (χ0n) is 7.33. The molecule has 0 aromatic rings. The van der Waals surface area contributed by atoms with Crippen molar-refractivity contribution in [3.8, 4) is 0 Å². The molecule has 0 aromatic heterocycles. The maximum atomic E-state index is 10.9. The van der Waals surface area contributed by atoms with E-state index in [1.54, 1.807) is 15.7 Å². The predicted octanol–water partition coefficient (Wildman–Crippen LogP) is -1.89. The summed E-state index contributed by atoms with van der Waals surface area (Å²) in [7, 11) is 3.40. The molecule has 0 radical (unpaired) electrons. The van der Waals surface area contributed by atoms with E-state index in [0.717, 1.165) is 6.08 Å². The molecule has 0 saturated carbocycles. The van der Waals surface area contributed by atoms with Crippen LogP contribution in [0.25, 0.3) is 0 Å². The van der Waals surface area contributed by atoms with Crippen molar-refractivity contribution < 1.29 is 19.4 Å². The van der Waals surface area contributed by atoms with E-state index in [1.165, 1.54) is 6.92 Å². The number of aliphatic carboxylic acids is 1. The third-order valence-electron chi connectivity index (χ3n) is 1.00. The summed E-state index contributed by atoms with van der Waals surface area (Å²) in [6, 6.07) is 0. The lowest BCUT2D eigenvalue weighted by Crippen LogP contribution is -2.19. The highest BCUT2D eigenvalue weighted by Gasteiger charge is 2.08. The van der Waals surface area contributed by atoms with E-state index < -0.39 is 11.9 Å². The smallest absolute Gasteiger partial charge is 0.332 e. The van der Waals surface area contributed by atoms with Crippen molar-refractivity contribution in [2.75, 3.05) is 0 Å². The van der Waals surface area contributed by atoms with Gasteiger partial charge in [-0.2, -0.15) is 0 Å². The summed E-state index contributed by atoms with van der Waals surface area (Å²) in [5.41, 5.74) is 0.0937. The lowest BCUT2D eigenvalue weighted by atomic mass is 9.82. The number of hydrogen-bond donors (Lipinski definition) is 1. The second-order valence-electron chi connectivity index (χ2n) is 2.62. The highest BCUT2D eigenvalue weighted by atomic mass is 16.5. The molecule has 0 aromatic carbocycles. The molecular formula is C6H10B2O4. The third kappa shape index (κ3) is 4.60. The molecule has 0 aliphatic rings. The fourth-order valence-electron chi connectivity index (χ4n) is 0.551. The minimum absolute atomic E-state index is 0.0937. The van der Waals surface area contributed by atoms with Crippen molar-refractivity contribution in [2.45, 2.75) is 12.8 Å². The molecule has 0 aliphatic carbocycles. The van der Waals surface area contributed by atoms with Crippen LogP contribution in [0.1, 0.15) is 6.92 Å². The van der Waals surface area contributed by atoms with Gasteiger partial charge in [0.2, 0.25) is 0 Å². The average molecular weight is 168 g/mol. The molecule has 0 atom stereocenters. The van der Waals surface area contributed by atoms with Gasteiger partial charge >= 0.3 is 11.9 Å². The number of rotatable bonds is 3. The Hall–Kier alpha value is -1.19. The van der Waals surface area contributed by atoms with Crippen LogP contribution >= 0.6 is 0 Å². The summed E-state index contributed by atoms with van der Waals surface area (Å²) in [5.74, 6) is -1.96. The van der Waals surface area contributed by atoms with E-state index in [4.69, 9.17) is 9.84 Å². The average Bonchev–Trinajstić information content (AvgIpc) is 1.84. The number of carbonyl (C=O) groups excluding carboxylic acids is 1. The first-order valence-electron chi connectivity index (χ1n) is 3.55. The highest BCUT2D eigenvalue weighted by Crippen LogP contribution is 1.97. The van der Waals surface area contributed by atoms with Crippen LogP contribution in [0.3, 0.4) is 0 Å². The Morgan fingerprint density at radius 1 is 1.50 bits per heavy atom. The van der Waals surface area contributed by atoms with Gasteiger partial charge in [-0.25, -0.2) is 9.59 Å². The van der Waals surface area contributed by atoms with Crippen molar-refractivity contribution in [1.82, 2.24) is 0 Å². The van der Waals surface area contributed by atoms with Crippen LogP contribution < -0.4 is 0 Å². The first-order chi connectivity index (χ1) is 5.43. The Balaban J connectivity index is 4.20. The minimum atomic E-state index is -1.15. The van der Waals surface area contributed by atoms with E-state index in [0.29, 0.717) is 0 Å². The number of carboxylic acids is 1. The molecule has 0 amide bonds. The van der Waals surface area contributed by atoms with Gasteiger partial charge in [-0.15, -0.1) is 0 Å². The van der Waals surface area contributed by atoms with Crippen molar-refractivity contribution in [3.63, 3.8) is 0 Å². The predicted molar refractivity (Wildman–Crippen MR) is 48.4 cm³/mol. The van der Waals surface area contributed by atoms with E-state index in [9.17, 15) is 9.59 Å². The van der Waals surface area contributed by atoms with Crippen molar-refractivity contribution in [3.05, 3.63) is 11.6 Å². The summed E-state index contributed by atoms with van der Waals surface area (Å²) in [5, 5.41) is 8.28. The largest absolute Gasteiger partial charge is 0.478 e. The first-order valence-corrected chi connectivity index (χ1v) is 3.55. The molecular weight excluding hydrogens is 158 g/mol. The molecule has 6 heteroatoms. The summed E-state index contributed by atoms with van der Waals surface area (Å²) in [6.45, 7) is 1.40. The van der Waals surface area contributed by atoms with Crippen LogP contribution in [0.4, 0.5) is 0 Å². The van der Waals surface area contributed by atoms with Gasteiger partial charge in [-0.05, 0) is 6.92 Å². The molecule has 0 bridgehead atoms. The van der Waals surface area contributed by atoms with Gasteiger partial charge in [-0.3, -0.25) is 0 Å². The molecule has 1 N–H and O–H groups in total. The number of carbonyl (C=O) groups is 2. The zero-order chi connectivity index (χ0) is 9.72. The van der Waals surface area contributed by atoms with Crippen molar-refractivity contribution >= 4 is 27.6 Å². The summed E-state index contributed by atoms with van der Waals surface area (Å²) in [6.07, 6.45) is 0.824. The number of hydrogen-bond acceptors (Lipinski definition) is 3. The zero-order valence-corrected chi connectivity index (χ0v) is 7.33. The number of ether oxygens (including phenoxy) is 1. The Bertz CT molecular complexity index is 222. The fraction of sp³-hybridized carbons (Fsp3) is 0.333. The molecule has 0 rings (SSSR count). The molecule has 0 unspecified atom stereocenters. The van der Waals surface area contributed by atoms with E-state index in [2.05, 4.69) is 0 Å². The first kappa shape index (κ1) is 10.8. The minimum Gasteiger partial charge on any atom is -0.478 e. The summed E-state index contributed by atoms with van der Waals surface area (Å²) >= 11 is 0. The Labute approximate surface area is 72.4 Å². The van der Waals surface area contributed by atoms with Gasteiger partial charge < -0.3 is 9.84 Å². The quantitative estimate of drug-likeness (QED) is 0.304. The van der Waals surface area contributed by atoms with E-state index in [1.807, 2.05) is 0 Å². The van der Waals surface area contributed by atoms with Gasteiger partial charge in [0, 0.05) is 17.6 Å². The number of esters is 1. The molecule has 0 spiro atoms. The Kier molecular flexibility index (Phi) is 4.18. The van der Waals surface area contributed by atoms with Gasteiger partial charge in [0.15, 0.2) is 0 Å². The lowest BCUT2D eigenvalue weighted by Gasteiger charge is -2.06. The topological polar surface area (TPSA) is 63.6 Å². The van der Waals surface area contributed by atoms with E-state index >= 15 is 0 Å². The van der Waals surface area contributed by atoms with Crippen LogP contribution in [-0.4, -0.2) is 38.6 Å². The van der Waals surface area contributed by atoms with Gasteiger partial charge in [0.05, 0.1) is 0 Å². The van der Waals surface area contributed by atoms with Gasteiger partial charge in [-0.1, -0.05) is 0 Å². The van der Waals surface area contributed by atoms with E-state index in [-0.39, 0.29) is 11.5 Å². The SMILES string of the molecule is BC(B)OC(=O)/C(C)=C/C(=O)O. The maximum Gasteiger partial charge on any atom is 0.332 e. The van der Waals surface area contributed by atoms with Crippen LogP contribution in [0.5, 0.6) is 0 Å². The molecule has 4 nitrogen and oxygen atoms in total. The fourth-order valence-corrected chi connectivity index (χ4v) is 0.551. The third-order valence-corrected chi connectivity index (χ3v) is 1.00. The monoisotopic (exact) mass is 168 g/mol. The Morgan fingerprint density at radius 2 is 2.00 bits per heavy atom. The lowest BCUT2D eigenvalue weighted by molar-refractivity contribution is -0.139. The molecule has 0 aliphatic heterocycles.